The molecule has 2 aromatic rings. The lowest BCUT2D eigenvalue weighted by molar-refractivity contribution is -0.383. The second kappa shape index (κ2) is 2.55. The highest BCUT2D eigenvalue weighted by atomic mass is 16.6. The van der Waals surface area contributed by atoms with Gasteiger partial charge in [-0.2, -0.15) is 0 Å². The molecule has 0 atom stereocenters. The average Bonchev–Trinajstić information content (AvgIpc) is 2.48. The Morgan fingerprint density at radius 3 is 3.08 bits per heavy atom. The lowest BCUT2D eigenvalue weighted by Gasteiger charge is -1.95. The van der Waals surface area contributed by atoms with Gasteiger partial charge in [0.2, 0.25) is 5.65 Å². The molecule has 0 saturated carbocycles. The van der Waals surface area contributed by atoms with Crippen molar-refractivity contribution in [3.63, 3.8) is 0 Å². The largest absolute Gasteiger partial charge is 0.312 e. The number of pyridine rings is 1. The molecule has 0 amide bonds. The van der Waals surface area contributed by atoms with Crippen LogP contribution in [0.15, 0.2) is 24.5 Å². The summed E-state index contributed by atoms with van der Waals surface area (Å²) in [6.45, 7) is 1.85. The van der Waals surface area contributed by atoms with Gasteiger partial charge in [0.25, 0.3) is 0 Å². The minimum atomic E-state index is -0.429. The molecular formula is C8H7N3O2. The van der Waals surface area contributed by atoms with Crippen molar-refractivity contribution in [1.29, 1.82) is 0 Å². The van der Waals surface area contributed by atoms with E-state index in [1.54, 1.807) is 22.9 Å². The Morgan fingerprint density at radius 1 is 1.62 bits per heavy atom. The number of aryl methyl sites for hydroxylation is 1. The van der Waals surface area contributed by atoms with Gasteiger partial charge in [-0.1, -0.05) is 0 Å². The van der Waals surface area contributed by atoms with Gasteiger partial charge < -0.3 is 0 Å². The number of hydrogen-bond acceptors (Lipinski definition) is 3. The van der Waals surface area contributed by atoms with Crippen LogP contribution in [0.5, 0.6) is 0 Å². The van der Waals surface area contributed by atoms with Gasteiger partial charge >= 0.3 is 5.69 Å². The molecule has 5 nitrogen and oxygen atoms in total. The molecule has 13 heavy (non-hydrogen) atoms. The van der Waals surface area contributed by atoms with Crippen LogP contribution in [0.3, 0.4) is 0 Å². The molecule has 0 aliphatic heterocycles. The van der Waals surface area contributed by atoms with E-state index in [-0.39, 0.29) is 5.69 Å². The van der Waals surface area contributed by atoms with Gasteiger partial charge in [0.05, 0.1) is 4.92 Å². The van der Waals surface area contributed by atoms with Crippen LogP contribution in [-0.4, -0.2) is 14.3 Å². The van der Waals surface area contributed by atoms with Crippen LogP contribution >= 0.6 is 0 Å². The summed E-state index contributed by atoms with van der Waals surface area (Å²) in [7, 11) is 0. The van der Waals surface area contributed by atoms with E-state index in [1.165, 1.54) is 6.07 Å². The molecule has 0 N–H and O–H groups in total. The van der Waals surface area contributed by atoms with Crippen molar-refractivity contribution in [2.75, 3.05) is 0 Å². The summed E-state index contributed by atoms with van der Waals surface area (Å²) in [6.07, 6.45) is 3.37. The number of rotatable bonds is 1. The molecule has 0 bridgehead atoms. The summed E-state index contributed by atoms with van der Waals surface area (Å²) in [6, 6.07) is 3.08. The second-order valence-electron chi connectivity index (χ2n) is 2.74. The smallest absolute Gasteiger partial charge is 0.299 e. The fraction of sp³-hybridized carbons (Fsp3) is 0.125. The maximum atomic E-state index is 10.6. The number of hydrogen-bond donors (Lipinski definition) is 0. The summed E-state index contributed by atoms with van der Waals surface area (Å²) in [4.78, 5) is 14.1. The topological polar surface area (TPSA) is 60.4 Å². The van der Waals surface area contributed by atoms with Crippen molar-refractivity contribution >= 4 is 11.3 Å². The Hall–Kier alpha value is -1.91. The summed E-state index contributed by atoms with van der Waals surface area (Å²) in [5.74, 6) is 0. The summed E-state index contributed by atoms with van der Waals surface area (Å²) < 4.78 is 1.69. The Bertz CT molecular complexity index is 475. The molecule has 0 unspecified atom stereocenters. The zero-order chi connectivity index (χ0) is 9.42. The molecule has 0 aliphatic carbocycles. The third-order valence-corrected chi connectivity index (χ3v) is 1.90. The highest BCUT2D eigenvalue weighted by Gasteiger charge is 2.13. The fourth-order valence-electron chi connectivity index (χ4n) is 1.26. The lowest BCUT2D eigenvalue weighted by atomic mass is 10.4. The number of aromatic nitrogens is 2. The first-order chi connectivity index (χ1) is 6.20. The molecule has 2 heterocycles. The van der Waals surface area contributed by atoms with Crippen LogP contribution in [0.2, 0.25) is 0 Å². The maximum absolute atomic E-state index is 10.6. The van der Waals surface area contributed by atoms with E-state index in [4.69, 9.17) is 0 Å². The van der Waals surface area contributed by atoms with Gasteiger partial charge in [-0.15, -0.1) is 0 Å². The predicted molar refractivity (Wildman–Crippen MR) is 46.6 cm³/mol. The molecule has 0 saturated heterocycles. The van der Waals surface area contributed by atoms with Crippen molar-refractivity contribution in [2.45, 2.75) is 6.92 Å². The molecule has 0 spiro atoms. The van der Waals surface area contributed by atoms with Gasteiger partial charge in [-0.05, 0) is 13.0 Å². The van der Waals surface area contributed by atoms with Crippen LogP contribution in [0, 0.1) is 17.0 Å². The van der Waals surface area contributed by atoms with Crippen LogP contribution in [0.25, 0.3) is 5.65 Å². The number of imidazole rings is 1. The van der Waals surface area contributed by atoms with Crippen LogP contribution < -0.4 is 0 Å². The van der Waals surface area contributed by atoms with Crippen molar-refractivity contribution in [3.8, 4) is 0 Å². The van der Waals surface area contributed by atoms with E-state index < -0.39 is 4.92 Å². The standard InChI is InChI=1S/C8H7N3O2/c1-6-5-9-8-7(11(12)13)3-2-4-10(6)8/h2-5H,1H3. The second-order valence-corrected chi connectivity index (χ2v) is 2.74. The van der Waals surface area contributed by atoms with Gasteiger partial charge in [0, 0.05) is 24.2 Å². The molecule has 2 aromatic heterocycles. The zero-order valence-corrected chi connectivity index (χ0v) is 6.97. The lowest BCUT2D eigenvalue weighted by Crippen LogP contribution is -1.93. The monoisotopic (exact) mass is 177 g/mol. The third-order valence-electron chi connectivity index (χ3n) is 1.90. The normalized spacial score (nSPS) is 10.5. The summed E-state index contributed by atoms with van der Waals surface area (Å²) in [5.41, 5.74) is 1.32. The Morgan fingerprint density at radius 2 is 2.38 bits per heavy atom. The first kappa shape index (κ1) is 7.72. The third kappa shape index (κ3) is 1.05. The molecule has 2 rings (SSSR count). The fourth-order valence-corrected chi connectivity index (χ4v) is 1.26. The van der Waals surface area contributed by atoms with Gasteiger partial charge in [-0.3, -0.25) is 14.5 Å². The number of nitrogens with zero attached hydrogens (tertiary/aromatic N) is 3. The number of fused-ring (bicyclic) bond motifs is 1. The van der Waals surface area contributed by atoms with E-state index in [0.717, 1.165) is 5.69 Å². The van der Waals surface area contributed by atoms with E-state index in [2.05, 4.69) is 4.98 Å². The Labute approximate surface area is 73.8 Å². The zero-order valence-electron chi connectivity index (χ0n) is 6.97. The molecule has 0 fully saturated rings. The first-order valence-corrected chi connectivity index (χ1v) is 3.77. The van der Waals surface area contributed by atoms with Crippen LogP contribution in [0.4, 0.5) is 5.69 Å². The molecule has 5 heteroatoms. The molecule has 66 valence electrons. The average molecular weight is 177 g/mol. The van der Waals surface area contributed by atoms with Crippen molar-refractivity contribution in [2.24, 2.45) is 0 Å². The van der Waals surface area contributed by atoms with Gasteiger partial charge in [0.15, 0.2) is 0 Å². The van der Waals surface area contributed by atoms with Crippen LogP contribution in [-0.2, 0) is 0 Å². The van der Waals surface area contributed by atoms with E-state index in [1.807, 2.05) is 6.92 Å². The predicted octanol–water partition coefficient (Wildman–Crippen LogP) is 1.55. The first-order valence-electron chi connectivity index (χ1n) is 3.77. The summed E-state index contributed by atoms with van der Waals surface area (Å²) >= 11 is 0. The minimum Gasteiger partial charge on any atom is -0.299 e. The van der Waals surface area contributed by atoms with Crippen LogP contribution in [0.1, 0.15) is 5.69 Å². The highest BCUT2D eigenvalue weighted by Crippen LogP contribution is 2.18. The van der Waals surface area contributed by atoms with E-state index in [9.17, 15) is 10.1 Å². The molecule has 0 aromatic carbocycles. The summed E-state index contributed by atoms with van der Waals surface area (Å²) in [5, 5.41) is 10.6. The van der Waals surface area contributed by atoms with Crippen molar-refractivity contribution in [3.05, 3.63) is 40.3 Å². The van der Waals surface area contributed by atoms with E-state index in [0.29, 0.717) is 5.65 Å². The SMILES string of the molecule is Cc1cnc2c([N+](=O)[O-])cccn12. The Kier molecular flexibility index (Phi) is 1.51. The van der Waals surface area contributed by atoms with Crippen molar-refractivity contribution in [1.82, 2.24) is 9.38 Å². The highest BCUT2D eigenvalue weighted by molar-refractivity contribution is 5.59. The molecular weight excluding hydrogens is 170 g/mol. The number of nitro groups is 1. The van der Waals surface area contributed by atoms with Gasteiger partial charge in [-0.25, -0.2) is 4.98 Å². The maximum Gasteiger partial charge on any atom is 0.312 e. The van der Waals surface area contributed by atoms with Gasteiger partial charge in [0.1, 0.15) is 0 Å². The molecule has 0 radical (unpaired) electrons. The Balaban J connectivity index is 2.84. The quantitative estimate of drug-likeness (QED) is 0.490. The van der Waals surface area contributed by atoms with E-state index >= 15 is 0 Å². The molecule has 0 aliphatic rings. The van der Waals surface area contributed by atoms with Crippen molar-refractivity contribution < 1.29 is 4.92 Å². The minimum absolute atomic E-state index is 0.0376.